The van der Waals surface area contributed by atoms with Crippen LogP contribution in [-0.4, -0.2) is 44.2 Å². The SMILES string of the molecule is CCCCCS(=O)(=O)CC(O)CNCC(C)C. The van der Waals surface area contributed by atoms with E-state index in [1.165, 1.54) is 0 Å². The fourth-order valence-corrected chi connectivity index (χ4v) is 3.06. The summed E-state index contributed by atoms with van der Waals surface area (Å²) in [6, 6.07) is 0. The molecule has 0 radical (unpaired) electrons. The molecule has 0 heterocycles. The Morgan fingerprint density at radius 3 is 2.35 bits per heavy atom. The van der Waals surface area contributed by atoms with Crippen molar-refractivity contribution >= 4 is 9.84 Å². The Kier molecular flexibility index (Phi) is 8.82. The lowest BCUT2D eigenvalue weighted by atomic mass is 10.2. The summed E-state index contributed by atoms with van der Waals surface area (Å²) in [7, 11) is -3.09. The average molecular weight is 265 g/mol. The first-order valence-corrected chi connectivity index (χ1v) is 8.28. The highest BCUT2D eigenvalue weighted by Gasteiger charge is 2.16. The van der Waals surface area contributed by atoms with Crippen molar-refractivity contribution in [2.75, 3.05) is 24.6 Å². The zero-order valence-electron chi connectivity index (χ0n) is 11.3. The Morgan fingerprint density at radius 1 is 1.18 bits per heavy atom. The van der Waals surface area contributed by atoms with Crippen LogP contribution in [0.25, 0.3) is 0 Å². The van der Waals surface area contributed by atoms with Crippen LogP contribution >= 0.6 is 0 Å². The minimum atomic E-state index is -3.09. The van der Waals surface area contributed by atoms with Crippen LogP contribution in [0.1, 0.15) is 40.0 Å². The topological polar surface area (TPSA) is 66.4 Å². The fourth-order valence-electron chi connectivity index (χ4n) is 1.55. The van der Waals surface area contributed by atoms with Gasteiger partial charge in [-0.2, -0.15) is 0 Å². The third-order valence-corrected chi connectivity index (χ3v) is 4.24. The minimum Gasteiger partial charge on any atom is -0.391 e. The van der Waals surface area contributed by atoms with Gasteiger partial charge in [-0.1, -0.05) is 33.6 Å². The van der Waals surface area contributed by atoms with Gasteiger partial charge in [0.15, 0.2) is 9.84 Å². The lowest BCUT2D eigenvalue weighted by Gasteiger charge is -2.13. The molecule has 0 aliphatic rings. The Labute approximate surface area is 106 Å². The number of nitrogens with one attached hydrogen (secondary N) is 1. The number of rotatable bonds is 10. The quantitative estimate of drug-likeness (QED) is 0.582. The molecule has 4 nitrogen and oxygen atoms in total. The molecule has 104 valence electrons. The highest BCUT2D eigenvalue weighted by atomic mass is 32.2. The minimum absolute atomic E-state index is 0.123. The first-order valence-electron chi connectivity index (χ1n) is 6.46. The van der Waals surface area contributed by atoms with Gasteiger partial charge in [0.2, 0.25) is 0 Å². The van der Waals surface area contributed by atoms with Crippen LogP contribution in [-0.2, 0) is 9.84 Å². The zero-order valence-corrected chi connectivity index (χ0v) is 12.1. The first-order chi connectivity index (χ1) is 7.87. The number of hydrogen-bond donors (Lipinski definition) is 2. The third-order valence-electron chi connectivity index (χ3n) is 2.44. The summed E-state index contributed by atoms with van der Waals surface area (Å²) >= 11 is 0. The van der Waals surface area contributed by atoms with Crippen LogP contribution in [0.4, 0.5) is 0 Å². The maximum absolute atomic E-state index is 11.6. The maximum Gasteiger partial charge on any atom is 0.152 e. The van der Waals surface area contributed by atoms with E-state index >= 15 is 0 Å². The second-order valence-corrected chi connectivity index (χ2v) is 7.26. The monoisotopic (exact) mass is 265 g/mol. The predicted molar refractivity (Wildman–Crippen MR) is 71.9 cm³/mol. The second kappa shape index (κ2) is 8.89. The summed E-state index contributed by atoms with van der Waals surface area (Å²) in [6.45, 7) is 7.33. The predicted octanol–water partition coefficient (Wildman–Crippen LogP) is 1.20. The third kappa shape index (κ3) is 10.7. The summed E-state index contributed by atoms with van der Waals surface area (Å²) in [5.41, 5.74) is 0. The number of hydrogen-bond acceptors (Lipinski definition) is 4. The van der Waals surface area contributed by atoms with Crippen molar-refractivity contribution < 1.29 is 13.5 Å². The maximum atomic E-state index is 11.6. The second-order valence-electron chi connectivity index (χ2n) is 5.03. The smallest absolute Gasteiger partial charge is 0.152 e. The van der Waals surface area contributed by atoms with E-state index in [1.807, 2.05) is 6.92 Å². The summed E-state index contributed by atoms with van der Waals surface area (Å²) in [5.74, 6) is 0.576. The van der Waals surface area contributed by atoms with Crippen molar-refractivity contribution in [2.24, 2.45) is 5.92 Å². The van der Waals surface area contributed by atoms with E-state index in [0.717, 1.165) is 19.4 Å². The van der Waals surface area contributed by atoms with Gasteiger partial charge in [-0.3, -0.25) is 0 Å². The average Bonchev–Trinajstić information content (AvgIpc) is 2.16. The van der Waals surface area contributed by atoms with E-state index in [1.54, 1.807) is 0 Å². The van der Waals surface area contributed by atoms with E-state index in [-0.39, 0.29) is 11.5 Å². The molecule has 0 saturated heterocycles. The van der Waals surface area contributed by atoms with Gasteiger partial charge in [-0.15, -0.1) is 0 Å². The molecule has 0 amide bonds. The number of sulfone groups is 1. The van der Waals surface area contributed by atoms with Crippen LogP contribution in [0.15, 0.2) is 0 Å². The molecule has 1 unspecified atom stereocenters. The van der Waals surface area contributed by atoms with Crippen molar-refractivity contribution in [2.45, 2.75) is 46.1 Å². The molecular formula is C12H27NO3S. The van der Waals surface area contributed by atoms with Crippen molar-refractivity contribution in [3.63, 3.8) is 0 Å². The van der Waals surface area contributed by atoms with E-state index in [0.29, 0.717) is 18.9 Å². The molecule has 0 spiro atoms. The lowest BCUT2D eigenvalue weighted by Crippen LogP contribution is -2.34. The van der Waals surface area contributed by atoms with Crippen LogP contribution in [0.5, 0.6) is 0 Å². The molecule has 0 saturated carbocycles. The fraction of sp³-hybridized carbons (Fsp3) is 1.00. The van der Waals surface area contributed by atoms with Gasteiger partial charge in [0.25, 0.3) is 0 Å². The molecule has 0 aromatic carbocycles. The van der Waals surface area contributed by atoms with Crippen molar-refractivity contribution in [3.05, 3.63) is 0 Å². The molecule has 0 aromatic rings. The zero-order chi connectivity index (χ0) is 13.3. The van der Waals surface area contributed by atoms with Crippen molar-refractivity contribution in [3.8, 4) is 0 Å². The van der Waals surface area contributed by atoms with Gasteiger partial charge in [0.05, 0.1) is 17.6 Å². The Balaban J connectivity index is 3.80. The van der Waals surface area contributed by atoms with Crippen LogP contribution in [0, 0.1) is 5.92 Å². The number of unbranched alkanes of at least 4 members (excludes halogenated alkanes) is 2. The van der Waals surface area contributed by atoms with Gasteiger partial charge < -0.3 is 10.4 Å². The summed E-state index contributed by atoms with van der Waals surface area (Å²) < 4.78 is 23.3. The molecule has 17 heavy (non-hydrogen) atoms. The van der Waals surface area contributed by atoms with Crippen molar-refractivity contribution in [1.82, 2.24) is 5.32 Å². The summed E-state index contributed by atoms with van der Waals surface area (Å²) in [4.78, 5) is 0. The number of aliphatic hydroxyl groups excluding tert-OH is 1. The van der Waals surface area contributed by atoms with Gasteiger partial charge in [0.1, 0.15) is 0 Å². The van der Waals surface area contributed by atoms with Crippen LogP contribution in [0.3, 0.4) is 0 Å². The Morgan fingerprint density at radius 2 is 1.82 bits per heavy atom. The first kappa shape index (κ1) is 16.9. The molecule has 0 bridgehead atoms. The molecule has 1 atom stereocenters. The molecule has 0 aliphatic heterocycles. The van der Waals surface area contributed by atoms with E-state index in [4.69, 9.17) is 0 Å². The van der Waals surface area contributed by atoms with E-state index < -0.39 is 15.9 Å². The molecule has 0 fully saturated rings. The molecule has 0 aliphatic carbocycles. The van der Waals surface area contributed by atoms with Gasteiger partial charge >= 0.3 is 0 Å². The van der Waals surface area contributed by atoms with E-state index in [9.17, 15) is 13.5 Å². The highest BCUT2D eigenvalue weighted by Crippen LogP contribution is 2.02. The molecule has 0 aromatic heterocycles. The highest BCUT2D eigenvalue weighted by molar-refractivity contribution is 7.91. The van der Waals surface area contributed by atoms with E-state index in [2.05, 4.69) is 19.2 Å². The van der Waals surface area contributed by atoms with Crippen LogP contribution in [0.2, 0.25) is 0 Å². The molecule has 2 N–H and O–H groups in total. The molecule has 0 rings (SSSR count). The van der Waals surface area contributed by atoms with Crippen molar-refractivity contribution in [1.29, 1.82) is 0 Å². The summed E-state index contributed by atoms with van der Waals surface area (Å²) in [6.07, 6.45) is 1.85. The largest absolute Gasteiger partial charge is 0.391 e. The summed E-state index contributed by atoms with van der Waals surface area (Å²) in [5, 5.41) is 12.7. The lowest BCUT2D eigenvalue weighted by molar-refractivity contribution is 0.192. The van der Waals surface area contributed by atoms with Gasteiger partial charge in [-0.25, -0.2) is 8.42 Å². The normalized spacial score (nSPS) is 14.2. The van der Waals surface area contributed by atoms with Gasteiger partial charge in [-0.05, 0) is 18.9 Å². The van der Waals surface area contributed by atoms with Gasteiger partial charge in [0, 0.05) is 6.54 Å². The number of aliphatic hydroxyl groups is 1. The Bertz CT molecular complexity index is 275. The molecular weight excluding hydrogens is 238 g/mol. The van der Waals surface area contributed by atoms with Crippen LogP contribution < -0.4 is 5.32 Å². The standard InChI is InChI=1S/C12H27NO3S/c1-4-5-6-7-17(15,16)10-12(14)9-13-8-11(2)3/h11-14H,4-10H2,1-3H3. The molecule has 5 heteroatoms. The Hall–Kier alpha value is -0.130.